The van der Waals surface area contributed by atoms with Gasteiger partial charge in [0, 0.05) is 25.3 Å². The van der Waals surface area contributed by atoms with Crippen LogP contribution >= 0.6 is 0 Å². The molecule has 2 aromatic carbocycles. The molecule has 2 nitrogen and oxygen atoms in total. The van der Waals surface area contributed by atoms with Crippen LogP contribution in [0.3, 0.4) is 0 Å². The molecule has 116 valence electrons. The first-order valence-electron chi connectivity index (χ1n) is 8.50. The lowest BCUT2D eigenvalue weighted by Crippen LogP contribution is -2.29. The molecule has 0 aromatic heterocycles. The molecular formula is C20H26N2. The van der Waals surface area contributed by atoms with Gasteiger partial charge in [0.1, 0.15) is 0 Å². The first-order chi connectivity index (χ1) is 10.9. The predicted octanol–water partition coefficient (Wildman–Crippen LogP) is 4.01. The molecule has 0 bridgehead atoms. The van der Waals surface area contributed by atoms with E-state index in [0.29, 0.717) is 0 Å². The maximum Gasteiger partial charge on any atom is 0.0366 e. The molecule has 0 radical (unpaired) electrons. The van der Waals surface area contributed by atoms with Crippen molar-refractivity contribution in [3.8, 4) is 0 Å². The highest BCUT2D eigenvalue weighted by Crippen LogP contribution is 2.20. The molecule has 1 aliphatic rings. The maximum absolute atomic E-state index is 3.54. The Labute approximate surface area is 134 Å². The zero-order valence-corrected chi connectivity index (χ0v) is 13.3. The molecule has 0 unspecified atom stereocenters. The third-order valence-corrected chi connectivity index (χ3v) is 4.42. The van der Waals surface area contributed by atoms with E-state index in [0.717, 1.165) is 19.5 Å². The Hall–Kier alpha value is -1.80. The van der Waals surface area contributed by atoms with E-state index in [4.69, 9.17) is 0 Å². The fraction of sp³-hybridized carbons (Fsp3) is 0.400. The van der Waals surface area contributed by atoms with Crippen LogP contribution in [-0.4, -0.2) is 19.6 Å². The van der Waals surface area contributed by atoms with Crippen molar-refractivity contribution in [1.29, 1.82) is 0 Å². The van der Waals surface area contributed by atoms with Gasteiger partial charge >= 0.3 is 0 Å². The number of benzene rings is 2. The van der Waals surface area contributed by atoms with Crippen LogP contribution < -0.4 is 10.2 Å². The largest absolute Gasteiger partial charge is 0.372 e. The van der Waals surface area contributed by atoms with Gasteiger partial charge in [-0.1, -0.05) is 42.5 Å². The van der Waals surface area contributed by atoms with Crippen molar-refractivity contribution >= 4 is 5.69 Å². The van der Waals surface area contributed by atoms with Crippen LogP contribution in [0.1, 0.15) is 30.4 Å². The highest BCUT2D eigenvalue weighted by atomic mass is 15.1. The molecule has 1 fully saturated rings. The highest BCUT2D eigenvalue weighted by Gasteiger charge is 2.10. The van der Waals surface area contributed by atoms with Crippen LogP contribution in [0, 0.1) is 0 Å². The lowest BCUT2D eigenvalue weighted by atomic mass is 10.1. The summed E-state index contributed by atoms with van der Waals surface area (Å²) in [6.07, 6.45) is 5.15. The van der Waals surface area contributed by atoms with Crippen LogP contribution in [0.5, 0.6) is 0 Å². The summed E-state index contributed by atoms with van der Waals surface area (Å²) >= 11 is 0. The van der Waals surface area contributed by atoms with Gasteiger partial charge in [-0.05, 0) is 55.5 Å². The van der Waals surface area contributed by atoms with Crippen LogP contribution in [0.4, 0.5) is 5.69 Å². The molecule has 0 atom stereocenters. The van der Waals surface area contributed by atoms with E-state index in [1.54, 1.807) is 0 Å². The molecule has 1 N–H and O–H groups in total. The minimum atomic E-state index is 0.952. The quantitative estimate of drug-likeness (QED) is 0.810. The Bertz CT molecular complexity index is 542. The van der Waals surface area contributed by atoms with Crippen molar-refractivity contribution in [3.05, 3.63) is 65.7 Å². The third-order valence-electron chi connectivity index (χ3n) is 4.42. The molecular weight excluding hydrogens is 268 g/mol. The van der Waals surface area contributed by atoms with Crippen molar-refractivity contribution in [2.45, 2.75) is 32.2 Å². The number of rotatable bonds is 6. The zero-order valence-electron chi connectivity index (χ0n) is 13.3. The van der Waals surface area contributed by atoms with E-state index in [1.165, 1.54) is 49.2 Å². The molecule has 0 spiro atoms. The van der Waals surface area contributed by atoms with Crippen molar-refractivity contribution in [2.24, 2.45) is 0 Å². The number of hydrogen-bond acceptors (Lipinski definition) is 2. The van der Waals surface area contributed by atoms with E-state index in [-0.39, 0.29) is 0 Å². The summed E-state index contributed by atoms with van der Waals surface area (Å²) in [5.74, 6) is 0. The van der Waals surface area contributed by atoms with Gasteiger partial charge in [0.15, 0.2) is 0 Å². The van der Waals surface area contributed by atoms with Crippen LogP contribution in [0.25, 0.3) is 0 Å². The van der Waals surface area contributed by atoms with Crippen molar-refractivity contribution in [2.75, 3.05) is 24.5 Å². The molecule has 3 rings (SSSR count). The normalized spacial score (nSPS) is 15.0. The predicted molar refractivity (Wildman–Crippen MR) is 94.4 cm³/mol. The Morgan fingerprint density at radius 3 is 2.23 bits per heavy atom. The SMILES string of the molecule is c1ccc(CCNCc2ccc(N3CCCCC3)cc2)cc1. The van der Waals surface area contributed by atoms with Crippen molar-refractivity contribution in [3.63, 3.8) is 0 Å². The number of piperidine rings is 1. The van der Waals surface area contributed by atoms with Crippen molar-refractivity contribution < 1.29 is 0 Å². The van der Waals surface area contributed by atoms with E-state index in [9.17, 15) is 0 Å². The van der Waals surface area contributed by atoms with Gasteiger partial charge in [-0.2, -0.15) is 0 Å². The molecule has 0 aliphatic carbocycles. The summed E-state index contributed by atoms with van der Waals surface area (Å²) in [5, 5.41) is 3.54. The topological polar surface area (TPSA) is 15.3 Å². The summed E-state index contributed by atoms with van der Waals surface area (Å²) in [4.78, 5) is 2.51. The average Bonchev–Trinajstić information content (AvgIpc) is 2.61. The molecule has 2 aromatic rings. The number of nitrogens with one attached hydrogen (secondary N) is 1. The number of nitrogens with zero attached hydrogens (tertiary/aromatic N) is 1. The Morgan fingerprint density at radius 2 is 1.50 bits per heavy atom. The van der Waals surface area contributed by atoms with E-state index in [2.05, 4.69) is 64.8 Å². The minimum absolute atomic E-state index is 0.952. The molecule has 2 heteroatoms. The monoisotopic (exact) mass is 294 g/mol. The Kier molecular flexibility index (Phi) is 5.49. The standard InChI is InChI=1S/C20H26N2/c1-3-7-18(8-4-1)13-14-21-17-19-9-11-20(12-10-19)22-15-5-2-6-16-22/h1,3-4,7-12,21H,2,5-6,13-17H2. The molecule has 22 heavy (non-hydrogen) atoms. The molecule has 0 saturated carbocycles. The van der Waals surface area contributed by atoms with E-state index >= 15 is 0 Å². The summed E-state index contributed by atoms with van der Waals surface area (Å²) in [6, 6.07) is 19.7. The fourth-order valence-electron chi connectivity index (χ4n) is 3.09. The third kappa shape index (κ3) is 4.35. The second-order valence-corrected chi connectivity index (χ2v) is 6.13. The summed E-state index contributed by atoms with van der Waals surface area (Å²) in [5.41, 5.74) is 4.15. The van der Waals surface area contributed by atoms with Gasteiger partial charge in [-0.3, -0.25) is 0 Å². The summed E-state index contributed by atoms with van der Waals surface area (Å²) in [7, 11) is 0. The van der Waals surface area contributed by atoms with Gasteiger partial charge in [0.2, 0.25) is 0 Å². The van der Waals surface area contributed by atoms with Gasteiger partial charge < -0.3 is 10.2 Å². The van der Waals surface area contributed by atoms with E-state index < -0.39 is 0 Å². The maximum atomic E-state index is 3.54. The smallest absolute Gasteiger partial charge is 0.0366 e. The summed E-state index contributed by atoms with van der Waals surface area (Å²) in [6.45, 7) is 4.41. The fourth-order valence-corrected chi connectivity index (χ4v) is 3.09. The van der Waals surface area contributed by atoms with Crippen LogP contribution in [0.2, 0.25) is 0 Å². The first kappa shape index (κ1) is 15.1. The summed E-state index contributed by atoms with van der Waals surface area (Å²) < 4.78 is 0. The Balaban J connectivity index is 1.43. The zero-order chi connectivity index (χ0) is 15.0. The lowest BCUT2D eigenvalue weighted by molar-refractivity contribution is 0.578. The van der Waals surface area contributed by atoms with Crippen molar-refractivity contribution in [1.82, 2.24) is 5.32 Å². The molecule has 1 aliphatic heterocycles. The van der Waals surface area contributed by atoms with Gasteiger partial charge in [-0.25, -0.2) is 0 Å². The number of anilines is 1. The molecule has 0 amide bonds. The lowest BCUT2D eigenvalue weighted by Gasteiger charge is -2.28. The minimum Gasteiger partial charge on any atom is -0.372 e. The Morgan fingerprint density at radius 1 is 0.773 bits per heavy atom. The van der Waals surface area contributed by atoms with Crippen LogP contribution in [-0.2, 0) is 13.0 Å². The second-order valence-electron chi connectivity index (χ2n) is 6.13. The molecule has 1 heterocycles. The first-order valence-corrected chi connectivity index (χ1v) is 8.50. The van der Waals surface area contributed by atoms with Gasteiger partial charge in [0.05, 0.1) is 0 Å². The molecule has 1 saturated heterocycles. The highest BCUT2D eigenvalue weighted by molar-refractivity contribution is 5.47. The number of hydrogen-bond donors (Lipinski definition) is 1. The van der Waals surface area contributed by atoms with Gasteiger partial charge in [-0.15, -0.1) is 0 Å². The van der Waals surface area contributed by atoms with Gasteiger partial charge in [0.25, 0.3) is 0 Å². The second kappa shape index (κ2) is 8.00. The van der Waals surface area contributed by atoms with E-state index in [1.807, 2.05) is 0 Å². The van der Waals surface area contributed by atoms with Crippen LogP contribution in [0.15, 0.2) is 54.6 Å². The average molecular weight is 294 g/mol.